The van der Waals surface area contributed by atoms with Crippen molar-refractivity contribution < 1.29 is 14.3 Å². The summed E-state index contributed by atoms with van der Waals surface area (Å²) in [5, 5.41) is 9.26. The molecule has 0 aliphatic carbocycles. The van der Waals surface area contributed by atoms with Crippen LogP contribution in [-0.2, 0) is 4.79 Å². The Morgan fingerprint density at radius 1 is 1.20 bits per heavy atom. The molecular formula is C19H15Br2NO3. The Kier molecular flexibility index (Phi) is 7.23. The van der Waals surface area contributed by atoms with Gasteiger partial charge in [0, 0.05) is 4.47 Å². The lowest BCUT2D eigenvalue weighted by molar-refractivity contribution is -0.129. The molecule has 4 nitrogen and oxygen atoms in total. The van der Waals surface area contributed by atoms with Crippen LogP contribution in [0.15, 0.2) is 57.0 Å². The molecule has 0 aromatic heterocycles. The molecule has 0 saturated carbocycles. The van der Waals surface area contributed by atoms with Gasteiger partial charge >= 0.3 is 5.97 Å². The number of nitrogens with zero attached hydrogens (tertiary/aromatic N) is 1. The summed E-state index contributed by atoms with van der Waals surface area (Å²) in [6.07, 6.45) is 2.41. The number of nitriles is 1. The Balaban J connectivity index is 2.13. The minimum absolute atomic E-state index is 0.0861. The minimum atomic E-state index is -0.711. The zero-order valence-corrected chi connectivity index (χ0v) is 16.6. The number of hydrogen-bond donors (Lipinski definition) is 0. The number of esters is 1. The summed E-state index contributed by atoms with van der Waals surface area (Å²) in [6.45, 7) is 2.68. The maximum Gasteiger partial charge on any atom is 0.354 e. The second-order valence-electron chi connectivity index (χ2n) is 5.05. The number of rotatable bonds is 6. The quantitative estimate of drug-likeness (QED) is 0.244. The van der Waals surface area contributed by atoms with Crippen molar-refractivity contribution in [2.75, 3.05) is 6.61 Å². The molecule has 0 bridgehead atoms. The SMILES string of the molecule is CCCOc1ccc(C=C(C#N)C(=O)Oc2ccc(Br)cc2Br)cc1. The molecule has 2 aromatic rings. The molecule has 2 rings (SSSR count). The van der Waals surface area contributed by atoms with Crippen molar-refractivity contribution in [1.82, 2.24) is 0 Å². The van der Waals surface area contributed by atoms with E-state index in [1.54, 1.807) is 42.5 Å². The largest absolute Gasteiger partial charge is 0.494 e. The van der Waals surface area contributed by atoms with Crippen LogP contribution >= 0.6 is 31.9 Å². The molecule has 0 heterocycles. The zero-order valence-electron chi connectivity index (χ0n) is 13.5. The van der Waals surface area contributed by atoms with Crippen LogP contribution in [0, 0.1) is 11.3 Å². The Hall–Kier alpha value is -2.10. The Bertz CT molecular complexity index is 824. The summed E-state index contributed by atoms with van der Waals surface area (Å²) in [5.41, 5.74) is 0.629. The van der Waals surface area contributed by atoms with Crippen molar-refractivity contribution in [2.45, 2.75) is 13.3 Å². The highest BCUT2D eigenvalue weighted by molar-refractivity contribution is 9.11. The summed E-state index contributed by atoms with van der Waals surface area (Å²) >= 11 is 6.64. The number of halogens is 2. The number of hydrogen-bond acceptors (Lipinski definition) is 4. The highest BCUT2D eigenvalue weighted by Gasteiger charge is 2.14. The van der Waals surface area contributed by atoms with E-state index in [1.807, 2.05) is 13.0 Å². The third-order valence-electron chi connectivity index (χ3n) is 3.10. The third kappa shape index (κ3) is 5.73. The summed E-state index contributed by atoms with van der Waals surface area (Å²) in [6, 6.07) is 14.2. The molecule has 6 heteroatoms. The van der Waals surface area contributed by atoms with Gasteiger partial charge in [-0.3, -0.25) is 0 Å². The zero-order chi connectivity index (χ0) is 18.2. The maximum absolute atomic E-state index is 12.2. The molecule has 0 spiro atoms. The average Bonchev–Trinajstić information content (AvgIpc) is 2.61. The highest BCUT2D eigenvalue weighted by atomic mass is 79.9. The second-order valence-corrected chi connectivity index (χ2v) is 6.82. The van der Waals surface area contributed by atoms with Crippen molar-refractivity contribution >= 4 is 43.9 Å². The van der Waals surface area contributed by atoms with Gasteiger partial charge in [-0.1, -0.05) is 35.0 Å². The number of carbonyl (C=O) groups is 1. The Morgan fingerprint density at radius 2 is 1.92 bits per heavy atom. The first kappa shape index (κ1) is 19.2. The average molecular weight is 465 g/mol. The smallest absolute Gasteiger partial charge is 0.354 e. The van der Waals surface area contributed by atoms with Gasteiger partial charge in [-0.2, -0.15) is 5.26 Å². The van der Waals surface area contributed by atoms with Gasteiger partial charge in [-0.15, -0.1) is 0 Å². The van der Waals surface area contributed by atoms with Crippen LogP contribution < -0.4 is 9.47 Å². The topological polar surface area (TPSA) is 59.3 Å². The molecule has 0 radical (unpaired) electrons. The van der Waals surface area contributed by atoms with Gasteiger partial charge in [0.2, 0.25) is 0 Å². The molecule has 0 fully saturated rings. The third-order valence-corrected chi connectivity index (χ3v) is 4.21. The van der Waals surface area contributed by atoms with E-state index in [4.69, 9.17) is 9.47 Å². The lowest BCUT2D eigenvalue weighted by Crippen LogP contribution is -2.10. The van der Waals surface area contributed by atoms with E-state index in [2.05, 4.69) is 31.9 Å². The van der Waals surface area contributed by atoms with Crippen LogP contribution in [0.2, 0.25) is 0 Å². The molecule has 0 aliphatic heterocycles. The van der Waals surface area contributed by atoms with Crippen LogP contribution in [0.1, 0.15) is 18.9 Å². The van der Waals surface area contributed by atoms with Crippen molar-refractivity contribution in [3.05, 3.63) is 62.5 Å². The monoisotopic (exact) mass is 463 g/mol. The van der Waals surface area contributed by atoms with E-state index >= 15 is 0 Å². The van der Waals surface area contributed by atoms with Crippen LogP contribution in [0.4, 0.5) is 0 Å². The molecule has 0 atom stereocenters. The standard InChI is InChI=1S/C19H15Br2NO3/c1-2-9-24-16-6-3-13(4-7-16)10-14(12-22)19(23)25-18-8-5-15(20)11-17(18)21/h3-8,10-11H,2,9H2,1H3. The Morgan fingerprint density at radius 3 is 2.52 bits per heavy atom. The van der Waals surface area contributed by atoms with Crippen molar-refractivity contribution in [2.24, 2.45) is 0 Å². The van der Waals surface area contributed by atoms with E-state index in [-0.39, 0.29) is 5.57 Å². The molecule has 0 N–H and O–H groups in total. The molecule has 0 aliphatic rings. The predicted molar refractivity (Wildman–Crippen MR) is 103 cm³/mol. The van der Waals surface area contributed by atoms with Crippen molar-refractivity contribution in [3.8, 4) is 17.6 Å². The van der Waals surface area contributed by atoms with Gasteiger partial charge in [0.15, 0.2) is 0 Å². The van der Waals surface area contributed by atoms with Crippen LogP contribution in [-0.4, -0.2) is 12.6 Å². The molecule has 25 heavy (non-hydrogen) atoms. The van der Waals surface area contributed by atoms with E-state index < -0.39 is 5.97 Å². The number of ether oxygens (including phenoxy) is 2. The fourth-order valence-corrected chi connectivity index (χ4v) is 3.02. The molecule has 128 valence electrons. The summed E-state index contributed by atoms with van der Waals surface area (Å²) in [7, 11) is 0. The van der Waals surface area contributed by atoms with Gasteiger partial charge in [0.25, 0.3) is 0 Å². The van der Waals surface area contributed by atoms with Crippen LogP contribution in [0.5, 0.6) is 11.5 Å². The first-order chi connectivity index (χ1) is 12.0. The summed E-state index contributed by atoms with van der Waals surface area (Å²) < 4.78 is 12.2. The van der Waals surface area contributed by atoms with Crippen molar-refractivity contribution in [3.63, 3.8) is 0 Å². The van der Waals surface area contributed by atoms with Gasteiger partial charge in [0.05, 0.1) is 11.1 Å². The predicted octanol–water partition coefficient (Wildman–Crippen LogP) is 5.51. The highest BCUT2D eigenvalue weighted by Crippen LogP contribution is 2.29. The molecule has 0 saturated heterocycles. The van der Waals surface area contributed by atoms with Crippen molar-refractivity contribution in [1.29, 1.82) is 5.26 Å². The maximum atomic E-state index is 12.2. The lowest BCUT2D eigenvalue weighted by Gasteiger charge is -2.06. The summed E-state index contributed by atoms with van der Waals surface area (Å²) in [4.78, 5) is 12.2. The molecule has 0 unspecified atom stereocenters. The first-order valence-corrected chi connectivity index (χ1v) is 9.14. The van der Waals surface area contributed by atoms with Gasteiger partial charge < -0.3 is 9.47 Å². The fraction of sp³-hybridized carbons (Fsp3) is 0.158. The van der Waals surface area contributed by atoms with Gasteiger partial charge in [-0.25, -0.2) is 4.79 Å². The van der Waals surface area contributed by atoms with Gasteiger partial charge in [-0.05, 0) is 64.3 Å². The fourth-order valence-electron chi connectivity index (χ4n) is 1.90. The number of benzene rings is 2. The second kappa shape index (κ2) is 9.40. The van der Waals surface area contributed by atoms with Crippen LogP contribution in [0.3, 0.4) is 0 Å². The number of carbonyl (C=O) groups excluding carboxylic acids is 1. The van der Waals surface area contributed by atoms with E-state index in [1.165, 1.54) is 6.08 Å². The van der Waals surface area contributed by atoms with Gasteiger partial charge in [0.1, 0.15) is 23.1 Å². The summed E-state index contributed by atoms with van der Waals surface area (Å²) in [5.74, 6) is 0.383. The molecule has 2 aromatic carbocycles. The van der Waals surface area contributed by atoms with Crippen LogP contribution in [0.25, 0.3) is 6.08 Å². The first-order valence-electron chi connectivity index (χ1n) is 7.55. The van der Waals surface area contributed by atoms with E-state index in [0.717, 1.165) is 16.6 Å². The normalized spacial score (nSPS) is 10.9. The molecular weight excluding hydrogens is 450 g/mol. The molecule has 0 amide bonds. The lowest BCUT2D eigenvalue weighted by atomic mass is 10.1. The van der Waals surface area contributed by atoms with E-state index in [9.17, 15) is 10.1 Å². The Labute approximate surface area is 163 Å². The van der Waals surface area contributed by atoms with E-state index in [0.29, 0.717) is 22.4 Å². The minimum Gasteiger partial charge on any atom is -0.494 e.